The molecule has 0 aromatic heterocycles. The molecule has 0 heterocycles. The van der Waals surface area contributed by atoms with Gasteiger partial charge in [0.2, 0.25) is 0 Å². The first-order valence-electron chi connectivity index (χ1n) is 30.8. The van der Waals surface area contributed by atoms with Crippen molar-refractivity contribution in [3.05, 3.63) is 258 Å². The number of carbonyl (C=O) groups is 3. The van der Waals surface area contributed by atoms with Crippen molar-refractivity contribution < 1.29 is 83.7 Å². The average Bonchev–Trinajstić information content (AvgIpc) is 0.919. The third-order valence-electron chi connectivity index (χ3n) is 13.3. The van der Waals surface area contributed by atoms with Crippen LogP contribution < -0.4 is 40.1 Å². The van der Waals surface area contributed by atoms with Crippen LogP contribution in [-0.4, -0.2) is 124 Å². The van der Waals surface area contributed by atoms with Crippen LogP contribution in [-0.2, 0) is 68.5 Å². The number of aliphatic carboxylic acids is 3. The maximum absolute atomic E-state index is 10.8. The number of carboxylic acid groups (broad SMARTS) is 3. The van der Waals surface area contributed by atoms with Crippen LogP contribution in [0.3, 0.4) is 0 Å². The highest BCUT2D eigenvalue weighted by atomic mass is 16.5. The molecule has 0 amide bonds. The Labute approximate surface area is 574 Å². The lowest BCUT2D eigenvalue weighted by Gasteiger charge is -2.15. The van der Waals surface area contributed by atoms with Crippen LogP contribution in [0.4, 0.5) is 39.8 Å². The van der Waals surface area contributed by atoms with Gasteiger partial charge in [-0.25, -0.2) is 14.4 Å². The maximum atomic E-state index is 10.8. The second kappa shape index (κ2) is 47.3. The SMILES string of the molecule is C=C(O)C(Cc1ccc(N)cc1)OC.C=C(O)C(Cc1ccc(N)cc1)OCC.C=C(O)C(Cc1cccc(N)c1)OCC.C=C(O)C(O)Cc1cccc(N)c1.CCOC(C(=O)O)c1ccc(N)cc1.CCOC(C(=O)O)c1cccc(N)c1.COC(C(=O)O)c1ccc(N)cc1. The summed E-state index contributed by atoms with van der Waals surface area (Å²) in [6.45, 7) is 22.8. The van der Waals surface area contributed by atoms with E-state index in [1.54, 1.807) is 112 Å². The lowest BCUT2D eigenvalue weighted by Crippen LogP contribution is -2.18. The number of nitrogens with two attached hydrogens (primary N) is 7. The molecule has 0 spiro atoms. The molecule has 0 radical (unpaired) electrons. The zero-order valence-electron chi connectivity index (χ0n) is 56.5. The molecule has 24 nitrogen and oxygen atoms in total. The Bertz CT molecular complexity index is 3480. The van der Waals surface area contributed by atoms with E-state index in [0.717, 1.165) is 33.6 Å². The van der Waals surface area contributed by atoms with E-state index in [0.29, 0.717) is 97.2 Å². The Kier molecular flexibility index (Phi) is 41.3. The molecule has 532 valence electrons. The van der Waals surface area contributed by atoms with Gasteiger partial charge in [0.15, 0.2) is 18.3 Å². The minimum Gasteiger partial charge on any atom is -0.510 e. The van der Waals surface area contributed by atoms with Crippen molar-refractivity contribution in [2.24, 2.45) is 0 Å². The molecule has 7 aromatic carbocycles. The van der Waals surface area contributed by atoms with E-state index in [1.807, 2.05) is 92.7 Å². The average molecular weight is 1360 g/mol. The molecule has 7 aromatic rings. The third-order valence-corrected chi connectivity index (χ3v) is 13.3. The molecule has 0 bridgehead atoms. The fourth-order valence-electron chi connectivity index (χ4n) is 8.41. The van der Waals surface area contributed by atoms with Crippen LogP contribution in [0.2, 0.25) is 0 Å². The van der Waals surface area contributed by atoms with Crippen LogP contribution in [0.5, 0.6) is 0 Å². The first-order chi connectivity index (χ1) is 46.4. The fraction of sp³-hybridized carbons (Fsp3) is 0.284. The molecule has 0 aliphatic heterocycles. The van der Waals surface area contributed by atoms with Gasteiger partial charge in [0.25, 0.3) is 0 Å². The highest BCUT2D eigenvalue weighted by molar-refractivity contribution is 5.76. The van der Waals surface area contributed by atoms with Crippen molar-refractivity contribution in [3.8, 4) is 0 Å². The summed E-state index contributed by atoms with van der Waals surface area (Å²) in [5.41, 5.74) is 49.2. The molecular weight excluding hydrogens is 1260 g/mol. The van der Waals surface area contributed by atoms with Gasteiger partial charge in [-0.15, -0.1) is 0 Å². The van der Waals surface area contributed by atoms with Crippen LogP contribution >= 0.6 is 0 Å². The summed E-state index contributed by atoms with van der Waals surface area (Å²) in [6, 6.07) is 49.5. The molecule has 24 heteroatoms. The number of aliphatic hydroxyl groups is 5. The number of ether oxygens (including phenoxy) is 6. The predicted octanol–water partition coefficient (Wildman–Crippen LogP) is 11.6. The van der Waals surface area contributed by atoms with Gasteiger partial charge in [0.05, 0.1) is 0 Å². The van der Waals surface area contributed by atoms with Crippen molar-refractivity contribution >= 4 is 57.7 Å². The number of methoxy groups -OCH3 is 2. The maximum Gasteiger partial charge on any atom is 0.337 e. The first kappa shape index (κ1) is 85.4. The molecular formula is C74H99N7O17. The van der Waals surface area contributed by atoms with Gasteiger partial charge in [-0.2, -0.15) is 0 Å². The molecule has 0 fully saturated rings. The zero-order valence-corrected chi connectivity index (χ0v) is 56.5. The Morgan fingerprint density at radius 2 is 0.643 bits per heavy atom. The van der Waals surface area contributed by atoms with Gasteiger partial charge >= 0.3 is 17.9 Å². The predicted molar refractivity (Wildman–Crippen MR) is 387 cm³/mol. The first-order valence-corrected chi connectivity index (χ1v) is 30.8. The monoisotopic (exact) mass is 1360 g/mol. The number of benzene rings is 7. The minimum absolute atomic E-state index is 0.0457. The number of aliphatic hydroxyl groups excluding tert-OH is 5. The van der Waals surface area contributed by atoms with E-state index < -0.39 is 42.3 Å². The molecule has 7 atom stereocenters. The van der Waals surface area contributed by atoms with Gasteiger partial charge in [-0.1, -0.05) is 111 Å². The van der Waals surface area contributed by atoms with Crippen molar-refractivity contribution in [2.75, 3.05) is 80.8 Å². The molecule has 0 saturated carbocycles. The van der Waals surface area contributed by atoms with Crippen molar-refractivity contribution in [3.63, 3.8) is 0 Å². The Morgan fingerprint density at radius 1 is 0.337 bits per heavy atom. The Balaban J connectivity index is 0.000000572. The Morgan fingerprint density at radius 3 is 0.949 bits per heavy atom. The van der Waals surface area contributed by atoms with Crippen molar-refractivity contribution in [1.29, 1.82) is 0 Å². The van der Waals surface area contributed by atoms with E-state index >= 15 is 0 Å². The standard InChI is InChI=1S/2C12H17NO2.C11H15NO2.2C10H13NO3.C10H13NO2.C9H11NO3/c1-3-15-12(9(2)14)8-10-4-6-11(13)7-5-10;1-3-15-12(9(2)14)8-10-5-4-6-11(13)7-10;1-8(13)11(14-2)7-9-3-5-10(12)6-4-9;1-2-14-9(10(12)13)7-3-5-8(11)6-4-7;1-2-14-9(10(12)13)7-4-3-5-8(11)6-7;1-7(12)10(13)6-8-3-2-4-9(11)5-8;1-13-8(9(11)12)6-2-4-7(10)5-3-6/h2*4-7,12,14H,2-3,8,13H2,1H3;3-6,11,13H,1,7,12H2,2H3;2*3-6,9H,2,11H2,1H3,(H,12,13);2-5,10,12-13H,1,6,11H2;2-5,8H,10H2,1H3,(H,11,12). The van der Waals surface area contributed by atoms with Crippen molar-refractivity contribution in [2.45, 2.75) is 96.1 Å². The van der Waals surface area contributed by atoms with E-state index in [-0.39, 0.29) is 41.3 Å². The molecule has 7 rings (SSSR count). The highest BCUT2D eigenvalue weighted by Gasteiger charge is 2.22. The molecule has 98 heavy (non-hydrogen) atoms. The van der Waals surface area contributed by atoms with Gasteiger partial charge in [0.1, 0.15) is 47.5 Å². The number of hydrogen-bond donors (Lipinski definition) is 15. The second-order valence-electron chi connectivity index (χ2n) is 21.2. The summed E-state index contributed by atoms with van der Waals surface area (Å²) >= 11 is 0. The number of carboxylic acids is 3. The Hall–Kier alpha value is -10.6. The van der Waals surface area contributed by atoms with Crippen molar-refractivity contribution in [1.82, 2.24) is 0 Å². The summed E-state index contributed by atoms with van der Waals surface area (Å²) in [4.78, 5) is 32.3. The van der Waals surface area contributed by atoms with E-state index in [4.69, 9.17) is 89.0 Å². The largest absolute Gasteiger partial charge is 0.510 e. The molecule has 7 unspecified atom stereocenters. The topological polar surface area (TPSA) is 451 Å². The lowest BCUT2D eigenvalue weighted by atomic mass is 10.1. The summed E-state index contributed by atoms with van der Waals surface area (Å²) in [6.07, 6.45) is -2.55. The normalized spacial score (nSPS) is 12.4. The van der Waals surface area contributed by atoms with Gasteiger partial charge < -0.3 is 109 Å². The minimum atomic E-state index is -1.01. The van der Waals surface area contributed by atoms with Crippen LogP contribution in [0.15, 0.2) is 219 Å². The second-order valence-corrected chi connectivity index (χ2v) is 21.2. The number of rotatable bonds is 28. The molecule has 22 N–H and O–H groups in total. The zero-order chi connectivity index (χ0) is 73.9. The summed E-state index contributed by atoms with van der Waals surface area (Å²) < 4.78 is 30.8. The number of anilines is 7. The van der Waals surface area contributed by atoms with E-state index in [1.165, 1.54) is 7.11 Å². The third kappa shape index (κ3) is 35.3. The molecule has 0 aliphatic rings. The quantitative estimate of drug-likeness (QED) is 0.0160. The number of nitrogen functional groups attached to an aromatic ring is 7. The summed E-state index contributed by atoms with van der Waals surface area (Å²) in [5, 5.41) is 72.5. The van der Waals surface area contributed by atoms with Crippen LogP contribution in [0.25, 0.3) is 0 Å². The lowest BCUT2D eigenvalue weighted by molar-refractivity contribution is -0.151. The fourth-order valence-corrected chi connectivity index (χ4v) is 8.41. The van der Waals surface area contributed by atoms with Gasteiger partial charge in [-0.3, -0.25) is 0 Å². The van der Waals surface area contributed by atoms with Crippen LogP contribution in [0.1, 0.15) is 85.0 Å². The summed E-state index contributed by atoms with van der Waals surface area (Å²) in [7, 11) is 2.90. The van der Waals surface area contributed by atoms with Gasteiger partial charge in [-0.05, 0) is 152 Å². The highest BCUT2D eigenvalue weighted by Crippen LogP contribution is 2.23. The van der Waals surface area contributed by atoms with Gasteiger partial charge in [0, 0.05) is 106 Å². The van der Waals surface area contributed by atoms with Crippen LogP contribution in [0, 0.1) is 0 Å². The van der Waals surface area contributed by atoms with E-state index in [2.05, 4.69) is 26.3 Å². The number of hydrogen-bond acceptors (Lipinski definition) is 21. The molecule has 0 saturated heterocycles. The summed E-state index contributed by atoms with van der Waals surface area (Å²) in [5.74, 6) is -3.05. The smallest absolute Gasteiger partial charge is 0.337 e. The molecule has 0 aliphatic carbocycles. The van der Waals surface area contributed by atoms with E-state index in [9.17, 15) is 34.8 Å².